The molecule has 0 aliphatic carbocycles. The second-order valence-corrected chi connectivity index (χ2v) is 2.10. The molecular formula is C6H11NO4. The van der Waals surface area contributed by atoms with E-state index < -0.39 is 17.9 Å². The highest BCUT2D eigenvalue weighted by Gasteiger charge is 2.16. The minimum Gasteiger partial charge on any atom is -0.480 e. The van der Waals surface area contributed by atoms with Crippen molar-refractivity contribution in [3.63, 3.8) is 0 Å². The van der Waals surface area contributed by atoms with Gasteiger partial charge in [-0.05, 0) is 0 Å². The number of amides is 1. The molecule has 0 heterocycles. The van der Waals surface area contributed by atoms with E-state index in [-0.39, 0.29) is 13.0 Å². The van der Waals surface area contributed by atoms with Crippen LogP contribution in [0.25, 0.3) is 0 Å². The van der Waals surface area contributed by atoms with Gasteiger partial charge in [-0.2, -0.15) is 0 Å². The van der Waals surface area contributed by atoms with Crippen molar-refractivity contribution < 1.29 is 19.8 Å². The van der Waals surface area contributed by atoms with Gasteiger partial charge < -0.3 is 15.5 Å². The molecule has 5 nitrogen and oxygen atoms in total. The molecule has 0 rings (SSSR count). The van der Waals surface area contributed by atoms with Crippen LogP contribution >= 0.6 is 0 Å². The number of rotatable bonds is 4. The molecule has 0 radical (unpaired) electrons. The van der Waals surface area contributed by atoms with Gasteiger partial charge in [-0.25, -0.2) is 4.79 Å². The molecule has 0 aliphatic heterocycles. The molecule has 0 aromatic rings. The maximum absolute atomic E-state index is 10.4. The summed E-state index contributed by atoms with van der Waals surface area (Å²) >= 11 is 0. The van der Waals surface area contributed by atoms with Crippen LogP contribution in [0, 0.1) is 0 Å². The van der Waals surface area contributed by atoms with Gasteiger partial charge in [0.15, 0.2) is 0 Å². The Morgan fingerprint density at radius 2 is 2.09 bits per heavy atom. The zero-order valence-electron chi connectivity index (χ0n) is 6.20. The Morgan fingerprint density at radius 3 is 2.36 bits per heavy atom. The highest BCUT2D eigenvalue weighted by atomic mass is 16.4. The third-order valence-electron chi connectivity index (χ3n) is 1.09. The lowest BCUT2D eigenvalue weighted by Gasteiger charge is -2.10. The van der Waals surface area contributed by atoms with E-state index in [0.717, 1.165) is 0 Å². The molecule has 0 fully saturated rings. The van der Waals surface area contributed by atoms with Crippen LogP contribution in [0.2, 0.25) is 0 Å². The normalized spacial score (nSPS) is 12.2. The summed E-state index contributed by atoms with van der Waals surface area (Å²) in [5, 5.41) is 19.0. The number of aliphatic carboxylic acids is 1. The summed E-state index contributed by atoms with van der Waals surface area (Å²) in [6.45, 7) is 0.977. The van der Waals surface area contributed by atoms with Crippen molar-refractivity contribution in [2.75, 3.05) is 6.61 Å². The molecule has 0 bridgehead atoms. The Kier molecular flexibility index (Phi) is 4.21. The number of aliphatic hydroxyl groups is 1. The zero-order valence-corrected chi connectivity index (χ0v) is 6.20. The molecule has 0 spiro atoms. The number of carbonyl (C=O) groups is 2. The Balaban J connectivity index is 3.89. The van der Waals surface area contributed by atoms with E-state index in [1.807, 2.05) is 0 Å². The summed E-state index contributed by atoms with van der Waals surface area (Å²) in [6, 6.07) is -0.975. The zero-order chi connectivity index (χ0) is 8.85. The molecule has 0 aromatic heterocycles. The fourth-order valence-electron chi connectivity index (χ4n) is 0.632. The molecule has 0 aliphatic rings. The van der Waals surface area contributed by atoms with E-state index in [0.29, 0.717) is 0 Å². The minimum absolute atomic E-state index is 0.0366. The van der Waals surface area contributed by atoms with Gasteiger partial charge in [-0.1, -0.05) is 0 Å². The van der Waals surface area contributed by atoms with Crippen LogP contribution < -0.4 is 5.32 Å². The van der Waals surface area contributed by atoms with Crippen LogP contribution in [0.1, 0.15) is 13.3 Å². The number of aliphatic hydroxyl groups excluding tert-OH is 1. The van der Waals surface area contributed by atoms with Gasteiger partial charge in [0.1, 0.15) is 6.04 Å². The summed E-state index contributed by atoms with van der Waals surface area (Å²) in [5.74, 6) is -1.54. The molecule has 0 saturated heterocycles. The summed E-state index contributed by atoms with van der Waals surface area (Å²) in [7, 11) is 0. The van der Waals surface area contributed by atoms with Gasteiger partial charge in [0.05, 0.1) is 0 Å². The number of carboxylic acids is 1. The van der Waals surface area contributed by atoms with Crippen LogP contribution in [0.3, 0.4) is 0 Å². The van der Waals surface area contributed by atoms with E-state index in [1.54, 1.807) is 0 Å². The molecule has 0 saturated carbocycles. The molecule has 0 aromatic carbocycles. The molecule has 1 unspecified atom stereocenters. The third-order valence-corrected chi connectivity index (χ3v) is 1.09. The lowest BCUT2D eigenvalue weighted by atomic mass is 10.2. The van der Waals surface area contributed by atoms with Crippen LogP contribution in [-0.4, -0.2) is 34.7 Å². The van der Waals surface area contributed by atoms with Gasteiger partial charge in [0.2, 0.25) is 5.91 Å². The minimum atomic E-state index is -1.13. The third kappa shape index (κ3) is 4.32. The molecule has 11 heavy (non-hydrogen) atoms. The van der Waals surface area contributed by atoms with Crippen molar-refractivity contribution in [3.05, 3.63) is 0 Å². The molecular weight excluding hydrogens is 150 g/mol. The van der Waals surface area contributed by atoms with Gasteiger partial charge in [-0.3, -0.25) is 4.79 Å². The topological polar surface area (TPSA) is 86.6 Å². The molecule has 3 N–H and O–H groups in total. The fourth-order valence-corrected chi connectivity index (χ4v) is 0.632. The fraction of sp³-hybridized carbons (Fsp3) is 0.667. The van der Waals surface area contributed by atoms with E-state index in [4.69, 9.17) is 10.2 Å². The number of hydrogen-bond donors (Lipinski definition) is 3. The quantitative estimate of drug-likeness (QED) is 0.491. The molecule has 1 amide bonds. The average Bonchev–Trinajstić information content (AvgIpc) is 1.86. The average molecular weight is 161 g/mol. The van der Waals surface area contributed by atoms with E-state index in [9.17, 15) is 9.59 Å². The Labute approximate surface area is 64.0 Å². The van der Waals surface area contributed by atoms with Crippen molar-refractivity contribution in [2.45, 2.75) is 19.4 Å². The van der Waals surface area contributed by atoms with E-state index in [2.05, 4.69) is 5.32 Å². The van der Waals surface area contributed by atoms with Crippen LogP contribution in [0.4, 0.5) is 0 Å². The Bertz CT molecular complexity index is 157. The van der Waals surface area contributed by atoms with Crippen LogP contribution in [0.15, 0.2) is 0 Å². The summed E-state index contributed by atoms with van der Waals surface area (Å²) in [5.41, 5.74) is 0. The highest BCUT2D eigenvalue weighted by molar-refractivity contribution is 5.81. The van der Waals surface area contributed by atoms with Crippen LogP contribution in [-0.2, 0) is 9.59 Å². The summed E-state index contributed by atoms with van der Waals surface area (Å²) in [4.78, 5) is 20.7. The van der Waals surface area contributed by atoms with Gasteiger partial charge in [-0.15, -0.1) is 0 Å². The Hall–Kier alpha value is -1.10. The maximum atomic E-state index is 10.4. The first kappa shape index (κ1) is 9.90. The van der Waals surface area contributed by atoms with Gasteiger partial charge in [0, 0.05) is 20.0 Å². The monoisotopic (exact) mass is 161 g/mol. The predicted molar refractivity (Wildman–Crippen MR) is 36.9 cm³/mol. The largest absolute Gasteiger partial charge is 0.480 e. The first-order chi connectivity index (χ1) is 5.07. The standard InChI is InChI=1S/C6H11NO4/c1-4(9)7-5(2-3-8)6(10)11/h5,8H,2-3H2,1H3,(H,7,9)(H,10,11). The first-order valence-corrected chi connectivity index (χ1v) is 3.18. The second kappa shape index (κ2) is 4.68. The van der Waals surface area contributed by atoms with Crippen LogP contribution in [0.5, 0.6) is 0 Å². The highest BCUT2D eigenvalue weighted by Crippen LogP contribution is 1.90. The number of carbonyl (C=O) groups excluding carboxylic acids is 1. The Morgan fingerprint density at radius 1 is 1.55 bits per heavy atom. The number of hydrogen-bond acceptors (Lipinski definition) is 3. The molecule has 5 heteroatoms. The van der Waals surface area contributed by atoms with Crippen molar-refractivity contribution in [2.24, 2.45) is 0 Å². The lowest BCUT2D eigenvalue weighted by Crippen LogP contribution is -2.40. The van der Waals surface area contributed by atoms with E-state index >= 15 is 0 Å². The van der Waals surface area contributed by atoms with Crippen molar-refractivity contribution >= 4 is 11.9 Å². The number of carboxylic acid groups (broad SMARTS) is 1. The van der Waals surface area contributed by atoms with E-state index in [1.165, 1.54) is 6.92 Å². The maximum Gasteiger partial charge on any atom is 0.326 e. The van der Waals surface area contributed by atoms with Crippen molar-refractivity contribution in [1.29, 1.82) is 0 Å². The SMILES string of the molecule is CC(=O)NC(CCO)C(=O)O. The number of nitrogens with one attached hydrogen (secondary N) is 1. The smallest absolute Gasteiger partial charge is 0.326 e. The first-order valence-electron chi connectivity index (χ1n) is 3.18. The second-order valence-electron chi connectivity index (χ2n) is 2.10. The van der Waals surface area contributed by atoms with Gasteiger partial charge >= 0.3 is 5.97 Å². The lowest BCUT2D eigenvalue weighted by molar-refractivity contribution is -0.142. The predicted octanol–water partition coefficient (Wildman–Crippen LogP) is -1.04. The van der Waals surface area contributed by atoms with Gasteiger partial charge in [0.25, 0.3) is 0 Å². The molecule has 64 valence electrons. The summed E-state index contributed by atoms with van der Waals surface area (Å²) in [6.07, 6.45) is 0.0366. The summed E-state index contributed by atoms with van der Waals surface area (Å²) < 4.78 is 0. The van der Waals surface area contributed by atoms with Crippen molar-refractivity contribution in [3.8, 4) is 0 Å². The van der Waals surface area contributed by atoms with Crippen molar-refractivity contribution in [1.82, 2.24) is 5.32 Å². The molecule has 1 atom stereocenters.